The van der Waals surface area contributed by atoms with Crippen LogP contribution < -0.4 is 28.1 Å². The van der Waals surface area contributed by atoms with Gasteiger partial charge in [0, 0.05) is 35.4 Å². The molecule has 0 radical (unpaired) electrons. The molecule has 224 valence electrons. The van der Waals surface area contributed by atoms with Crippen LogP contribution in [0.5, 0.6) is 23.0 Å². The van der Waals surface area contributed by atoms with Crippen molar-refractivity contribution in [2.45, 2.75) is 32.7 Å². The van der Waals surface area contributed by atoms with Crippen molar-refractivity contribution in [3.05, 3.63) is 108 Å². The molecule has 10 heteroatoms. The molecule has 0 spiro atoms. The van der Waals surface area contributed by atoms with Crippen LogP contribution in [0.4, 0.5) is 0 Å². The summed E-state index contributed by atoms with van der Waals surface area (Å²) in [5.41, 5.74) is 3.51. The molecular formula is C33H38N4O6+2. The molecule has 43 heavy (non-hydrogen) atoms. The summed E-state index contributed by atoms with van der Waals surface area (Å²) in [7, 11) is 6.47. The molecule has 0 atom stereocenters. The zero-order valence-electron chi connectivity index (χ0n) is 25.0. The molecule has 4 rings (SSSR count). The van der Waals surface area contributed by atoms with E-state index in [1.54, 1.807) is 40.9 Å². The van der Waals surface area contributed by atoms with Crippen molar-refractivity contribution in [1.82, 2.24) is 0 Å². The smallest absolute Gasteiger partial charge is 0.169 e. The van der Waals surface area contributed by atoms with Gasteiger partial charge < -0.3 is 28.6 Å². The molecule has 0 N–H and O–H groups in total. The summed E-state index contributed by atoms with van der Waals surface area (Å²) < 4.78 is 25.9. The Labute approximate surface area is 252 Å². The minimum Gasteiger partial charge on any atom is -0.496 e. The van der Waals surface area contributed by atoms with Crippen LogP contribution in [0, 0.1) is 0 Å². The molecule has 0 aliphatic rings. The number of ether oxygens (including phenoxy) is 4. The number of hydrogen-bond acceptors (Lipinski definition) is 8. The van der Waals surface area contributed by atoms with E-state index in [4.69, 9.17) is 28.6 Å². The Balaban J connectivity index is 1.18. The van der Waals surface area contributed by atoms with Gasteiger partial charge in [-0.15, -0.1) is 0 Å². The van der Waals surface area contributed by atoms with Gasteiger partial charge in [-0.2, -0.15) is 0 Å². The maximum atomic E-state index is 5.50. The first kappa shape index (κ1) is 30.8. The molecule has 2 aromatic carbocycles. The van der Waals surface area contributed by atoms with Gasteiger partial charge in [-0.05, 0) is 24.3 Å². The first-order chi connectivity index (χ1) is 21.1. The van der Waals surface area contributed by atoms with E-state index in [9.17, 15) is 0 Å². The van der Waals surface area contributed by atoms with Gasteiger partial charge in [0.15, 0.2) is 37.9 Å². The van der Waals surface area contributed by atoms with Crippen molar-refractivity contribution in [2.24, 2.45) is 10.3 Å². The monoisotopic (exact) mass is 586 g/mol. The van der Waals surface area contributed by atoms with Crippen LogP contribution in [0.1, 0.15) is 28.7 Å². The van der Waals surface area contributed by atoms with Crippen LogP contribution in [0.2, 0.25) is 0 Å². The molecule has 0 saturated carbocycles. The Kier molecular flexibility index (Phi) is 11.7. The van der Waals surface area contributed by atoms with Crippen molar-refractivity contribution in [2.75, 3.05) is 28.4 Å². The van der Waals surface area contributed by atoms with E-state index < -0.39 is 0 Å². The average Bonchev–Trinajstić information content (AvgIpc) is 3.06. The molecule has 2 heterocycles. The van der Waals surface area contributed by atoms with Crippen LogP contribution in [-0.2, 0) is 36.0 Å². The van der Waals surface area contributed by atoms with Crippen molar-refractivity contribution >= 4 is 12.4 Å². The Bertz CT molecular complexity index is 1330. The van der Waals surface area contributed by atoms with Crippen LogP contribution in [0.15, 0.2) is 95.8 Å². The molecule has 0 aliphatic carbocycles. The van der Waals surface area contributed by atoms with Gasteiger partial charge in [-0.1, -0.05) is 22.4 Å². The predicted octanol–water partition coefficient (Wildman–Crippen LogP) is 4.49. The number of hydrogen-bond donors (Lipinski definition) is 0. The van der Waals surface area contributed by atoms with E-state index in [1.807, 2.05) is 85.5 Å². The summed E-state index contributed by atoms with van der Waals surface area (Å²) >= 11 is 0. The van der Waals surface area contributed by atoms with E-state index in [0.29, 0.717) is 23.0 Å². The highest BCUT2D eigenvalue weighted by atomic mass is 16.6. The van der Waals surface area contributed by atoms with Gasteiger partial charge in [0.05, 0.1) is 58.4 Å². The fourth-order valence-electron chi connectivity index (χ4n) is 4.38. The van der Waals surface area contributed by atoms with E-state index in [2.05, 4.69) is 19.4 Å². The maximum Gasteiger partial charge on any atom is 0.169 e. The second kappa shape index (κ2) is 16.4. The normalized spacial score (nSPS) is 11.1. The van der Waals surface area contributed by atoms with Crippen LogP contribution >= 0.6 is 0 Å². The standard InChI is InChI=1S/C33H38N4O6/c1-38-30-8-5-9-31(39-2)28(30)24-42-34-22-26-12-18-36(19-13-26)16-7-17-37-20-14-27(15-21-37)23-35-43-25-29-32(40-3)10-6-11-33(29)41-4/h5-6,8-15,18-23H,7,16-17,24-25H2,1-4H3/q+2/b34-22+,35-23+. The summed E-state index contributed by atoms with van der Waals surface area (Å²) in [6, 6.07) is 19.2. The fraction of sp³-hybridized carbons (Fsp3) is 0.273. The number of methoxy groups -OCH3 is 4. The second-order valence-corrected chi connectivity index (χ2v) is 9.39. The minimum atomic E-state index is 0.245. The Morgan fingerprint density at radius 1 is 0.535 bits per heavy atom. The van der Waals surface area contributed by atoms with Gasteiger partial charge >= 0.3 is 0 Å². The second-order valence-electron chi connectivity index (χ2n) is 9.39. The van der Waals surface area contributed by atoms with E-state index in [1.165, 1.54) is 0 Å². The molecular weight excluding hydrogens is 548 g/mol. The third-order valence-electron chi connectivity index (χ3n) is 6.70. The maximum absolute atomic E-state index is 5.50. The Morgan fingerprint density at radius 2 is 0.884 bits per heavy atom. The third kappa shape index (κ3) is 8.93. The van der Waals surface area contributed by atoms with E-state index in [-0.39, 0.29) is 13.2 Å². The van der Waals surface area contributed by atoms with Crippen LogP contribution in [-0.4, -0.2) is 40.9 Å². The number of aryl methyl sites for hydroxylation is 2. The highest BCUT2D eigenvalue weighted by molar-refractivity contribution is 5.78. The summed E-state index contributed by atoms with van der Waals surface area (Å²) in [4.78, 5) is 11.0. The molecule has 0 fully saturated rings. The average molecular weight is 587 g/mol. The van der Waals surface area contributed by atoms with Gasteiger partial charge in [0.2, 0.25) is 0 Å². The lowest BCUT2D eigenvalue weighted by Crippen LogP contribution is -2.38. The first-order valence-electron chi connectivity index (χ1n) is 13.8. The third-order valence-corrected chi connectivity index (χ3v) is 6.70. The van der Waals surface area contributed by atoms with Gasteiger partial charge in [-0.25, -0.2) is 9.13 Å². The van der Waals surface area contributed by atoms with Gasteiger partial charge in [-0.3, -0.25) is 0 Å². The predicted molar refractivity (Wildman–Crippen MR) is 162 cm³/mol. The quantitative estimate of drug-likeness (QED) is 0.109. The minimum absolute atomic E-state index is 0.245. The van der Waals surface area contributed by atoms with Crippen molar-refractivity contribution in [1.29, 1.82) is 0 Å². The first-order valence-corrected chi connectivity index (χ1v) is 13.8. The van der Waals surface area contributed by atoms with Gasteiger partial charge in [0.25, 0.3) is 0 Å². The summed E-state index contributed by atoms with van der Waals surface area (Å²) in [6.45, 7) is 2.26. The molecule has 4 aromatic rings. The zero-order chi connectivity index (χ0) is 30.3. The summed E-state index contributed by atoms with van der Waals surface area (Å²) in [5, 5.41) is 8.20. The highest BCUT2D eigenvalue weighted by Gasteiger charge is 2.11. The van der Waals surface area contributed by atoms with Crippen molar-refractivity contribution in [3.63, 3.8) is 0 Å². The number of oxime groups is 2. The molecule has 0 saturated heterocycles. The zero-order valence-corrected chi connectivity index (χ0v) is 25.0. The Hall–Kier alpha value is -5.12. The lowest BCUT2D eigenvalue weighted by molar-refractivity contribution is -0.726. The molecule has 0 aliphatic heterocycles. The Morgan fingerprint density at radius 3 is 1.21 bits per heavy atom. The van der Waals surface area contributed by atoms with Crippen molar-refractivity contribution in [3.8, 4) is 23.0 Å². The lowest BCUT2D eigenvalue weighted by Gasteiger charge is -2.11. The summed E-state index contributed by atoms with van der Waals surface area (Å²) in [6.07, 6.45) is 12.5. The van der Waals surface area contributed by atoms with Crippen LogP contribution in [0.25, 0.3) is 0 Å². The highest BCUT2D eigenvalue weighted by Crippen LogP contribution is 2.29. The molecule has 2 aromatic heterocycles. The molecule has 0 bridgehead atoms. The topological polar surface area (TPSA) is 87.9 Å². The van der Waals surface area contributed by atoms with E-state index in [0.717, 1.165) is 41.8 Å². The molecule has 0 unspecified atom stereocenters. The number of aromatic nitrogens is 2. The SMILES string of the molecule is COc1cccc(OC)c1CO/N=C/c1cc[n+](CCC[n+]2ccc(/C=N/OCc3c(OC)cccc3OC)cc2)cc1. The molecule has 0 amide bonds. The molecule has 10 nitrogen and oxygen atoms in total. The van der Waals surface area contributed by atoms with Crippen molar-refractivity contribution < 1.29 is 37.8 Å². The van der Waals surface area contributed by atoms with E-state index >= 15 is 0 Å². The summed E-state index contributed by atoms with van der Waals surface area (Å²) in [5.74, 6) is 2.80. The largest absolute Gasteiger partial charge is 0.496 e. The van der Waals surface area contributed by atoms with Crippen LogP contribution in [0.3, 0.4) is 0 Å². The number of benzene rings is 2. The lowest BCUT2D eigenvalue weighted by atomic mass is 10.2. The number of nitrogens with zero attached hydrogens (tertiary/aromatic N) is 4. The fourth-order valence-corrected chi connectivity index (χ4v) is 4.38. The van der Waals surface area contributed by atoms with Gasteiger partial charge in [0.1, 0.15) is 36.2 Å². The number of pyridine rings is 2. The number of rotatable bonds is 16.